The average molecular weight is 362 g/mol. The Kier molecular flexibility index (Phi) is 5.13. The highest BCUT2D eigenvalue weighted by molar-refractivity contribution is 7.16. The maximum Gasteiger partial charge on any atom is 0.276 e. The number of thiazole rings is 1. The first-order chi connectivity index (χ1) is 11.9. The van der Waals surface area contributed by atoms with Gasteiger partial charge in [0.2, 0.25) is 5.13 Å². The van der Waals surface area contributed by atoms with Gasteiger partial charge in [-0.25, -0.2) is 4.98 Å². The van der Waals surface area contributed by atoms with Crippen LogP contribution in [0, 0.1) is 19.8 Å². The van der Waals surface area contributed by atoms with E-state index < -0.39 is 0 Å². The van der Waals surface area contributed by atoms with Crippen LogP contribution in [0.25, 0.3) is 5.13 Å². The first kappa shape index (κ1) is 17.9. The highest BCUT2D eigenvalue weighted by Crippen LogP contribution is 2.24. The molecule has 7 heteroatoms. The standard InChI is InChI=1S/C18H26N4O2S/c1-11(2)7-8-14-12(3)20-22(16(14)23)18-19-13(4)15(25-18)17(24)21-9-5-6-10-21/h11,20H,5-10H2,1-4H3. The lowest BCUT2D eigenvalue weighted by Gasteiger charge is -2.13. The molecule has 2 aromatic rings. The zero-order valence-electron chi connectivity index (χ0n) is 15.4. The van der Waals surface area contributed by atoms with Crippen LogP contribution >= 0.6 is 11.3 Å². The van der Waals surface area contributed by atoms with Crippen molar-refractivity contribution < 1.29 is 4.79 Å². The average Bonchev–Trinajstić information content (AvgIpc) is 3.26. The van der Waals surface area contributed by atoms with Gasteiger partial charge in [-0.15, -0.1) is 0 Å². The molecule has 1 N–H and O–H groups in total. The van der Waals surface area contributed by atoms with Gasteiger partial charge in [-0.3, -0.25) is 14.7 Å². The number of aryl methyl sites for hydroxylation is 2. The van der Waals surface area contributed by atoms with E-state index in [0.717, 1.165) is 50.0 Å². The number of rotatable bonds is 5. The number of carbonyl (C=O) groups excluding carboxylic acids is 1. The molecule has 0 unspecified atom stereocenters. The number of amides is 1. The Labute approximate surface area is 151 Å². The number of H-pyrrole nitrogens is 1. The predicted octanol–water partition coefficient (Wildman–Crippen LogP) is 3.06. The van der Waals surface area contributed by atoms with Crippen LogP contribution < -0.4 is 5.56 Å². The second-order valence-electron chi connectivity index (χ2n) is 7.20. The SMILES string of the molecule is Cc1nc(-n2[nH]c(C)c(CCC(C)C)c2=O)sc1C(=O)N1CCCC1. The van der Waals surface area contributed by atoms with Crippen LogP contribution in [0.4, 0.5) is 0 Å². The number of aromatic amines is 1. The highest BCUT2D eigenvalue weighted by Gasteiger charge is 2.25. The third-order valence-electron chi connectivity index (χ3n) is 4.73. The molecular formula is C18H26N4O2S. The van der Waals surface area contributed by atoms with Crippen LogP contribution in [0.2, 0.25) is 0 Å². The molecule has 0 aromatic carbocycles. The summed E-state index contributed by atoms with van der Waals surface area (Å²) in [5.41, 5.74) is 2.34. The van der Waals surface area contributed by atoms with Gasteiger partial charge in [-0.05, 0) is 45.4 Å². The molecule has 2 aromatic heterocycles. The Morgan fingerprint density at radius 1 is 1.28 bits per heavy atom. The van der Waals surface area contributed by atoms with Crippen LogP contribution in [0.5, 0.6) is 0 Å². The molecule has 25 heavy (non-hydrogen) atoms. The van der Waals surface area contributed by atoms with Crippen molar-refractivity contribution in [3.8, 4) is 5.13 Å². The monoisotopic (exact) mass is 362 g/mol. The van der Waals surface area contributed by atoms with Crippen molar-refractivity contribution in [1.82, 2.24) is 19.7 Å². The Morgan fingerprint density at radius 3 is 2.60 bits per heavy atom. The molecule has 0 spiro atoms. The van der Waals surface area contributed by atoms with E-state index >= 15 is 0 Å². The maximum absolute atomic E-state index is 12.8. The highest BCUT2D eigenvalue weighted by atomic mass is 32.1. The lowest BCUT2D eigenvalue weighted by Crippen LogP contribution is -2.27. The fourth-order valence-corrected chi connectivity index (χ4v) is 4.18. The Hall–Kier alpha value is -1.89. The molecule has 1 fully saturated rings. The third-order valence-corrected chi connectivity index (χ3v) is 5.86. The molecule has 0 saturated carbocycles. The summed E-state index contributed by atoms with van der Waals surface area (Å²) < 4.78 is 1.49. The van der Waals surface area contributed by atoms with Crippen molar-refractivity contribution in [3.63, 3.8) is 0 Å². The van der Waals surface area contributed by atoms with E-state index in [9.17, 15) is 9.59 Å². The summed E-state index contributed by atoms with van der Waals surface area (Å²) in [5, 5.41) is 3.67. The van der Waals surface area contributed by atoms with Crippen molar-refractivity contribution in [3.05, 3.63) is 32.2 Å². The third kappa shape index (κ3) is 3.56. The molecule has 0 atom stereocenters. The Bertz CT molecular complexity index is 825. The number of nitrogens with zero attached hydrogens (tertiary/aromatic N) is 3. The van der Waals surface area contributed by atoms with Crippen molar-refractivity contribution in [2.45, 2.75) is 53.4 Å². The van der Waals surface area contributed by atoms with Gasteiger partial charge < -0.3 is 4.90 Å². The molecule has 1 saturated heterocycles. The molecule has 6 nitrogen and oxygen atoms in total. The first-order valence-electron chi connectivity index (χ1n) is 8.96. The minimum absolute atomic E-state index is 0.0371. The number of aromatic nitrogens is 3. The largest absolute Gasteiger partial charge is 0.338 e. The predicted molar refractivity (Wildman–Crippen MR) is 99.8 cm³/mol. The fourth-order valence-electron chi connectivity index (χ4n) is 3.18. The lowest BCUT2D eigenvalue weighted by atomic mass is 10.0. The fraction of sp³-hybridized carbons (Fsp3) is 0.611. The van der Waals surface area contributed by atoms with Gasteiger partial charge in [0.25, 0.3) is 11.5 Å². The van der Waals surface area contributed by atoms with E-state index in [-0.39, 0.29) is 11.5 Å². The topological polar surface area (TPSA) is 71.0 Å². The molecule has 3 rings (SSSR count). The molecule has 3 heterocycles. The smallest absolute Gasteiger partial charge is 0.276 e. The van der Waals surface area contributed by atoms with Crippen LogP contribution in [-0.2, 0) is 6.42 Å². The van der Waals surface area contributed by atoms with E-state index in [1.54, 1.807) is 0 Å². The quantitative estimate of drug-likeness (QED) is 0.888. The molecule has 0 bridgehead atoms. The van der Waals surface area contributed by atoms with Crippen LogP contribution in [-0.4, -0.2) is 38.7 Å². The summed E-state index contributed by atoms with van der Waals surface area (Å²) in [6.07, 6.45) is 3.86. The molecule has 0 aliphatic carbocycles. The molecule has 1 aliphatic rings. The van der Waals surface area contributed by atoms with Gasteiger partial charge in [0.1, 0.15) is 4.88 Å². The molecule has 136 valence electrons. The molecule has 1 amide bonds. The number of hydrogen-bond acceptors (Lipinski definition) is 4. The number of carbonyl (C=O) groups is 1. The van der Waals surface area contributed by atoms with Crippen molar-refractivity contribution in [2.75, 3.05) is 13.1 Å². The van der Waals surface area contributed by atoms with Gasteiger partial charge in [-0.1, -0.05) is 25.2 Å². The van der Waals surface area contributed by atoms with E-state index in [1.165, 1.54) is 16.0 Å². The summed E-state index contributed by atoms with van der Waals surface area (Å²) in [6.45, 7) is 9.69. The summed E-state index contributed by atoms with van der Waals surface area (Å²) in [6, 6.07) is 0. The zero-order chi connectivity index (χ0) is 18.1. The Morgan fingerprint density at radius 2 is 1.96 bits per heavy atom. The summed E-state index contributed by atoms with van der Waals surface area (Å²) in [4.78, 5) is 32.4. The normalized spacial score (nSPS) is 14.7. The lowest BCUT2D eigenvalue weighted by molar-refractivity contribution is 0.0796. The summed E-state index contributed by atoms with van der Waals surface area (Å²) in [5.74, 6) is 0.587. The number of likely N-dealkylation sites (tertiary alicyclic amines) is 1. The molecule has 0 radical (unpaired) electrons. The van der Waals surface area contributed by atoms with Crippen molar-refractivity contribution in [1.29, 1.82) is 0 Å². The minimum Gasteiger partial charge on any atom is -0.338 e. The summed E-state index contributed by atoms with van der Waals surface area (Å²) >= 11 is 1.30. The van der Waals surface area contributed by atoms with Crippen molar-refractivity contribution >= 4 is 17.2 Å². The van der Waals surface area contributed by atoms with Crippen molar-refractivity contribution in [2.24, 2.45) is 5.92 Å². The first-order valence-corrected chi connectivity index (χ1v) is 9.77. The van der Waals surface area contributed by atoms with E-state index in [4.69, 9.17) is 0 Å². The molecule has 1 aliphatic heterocycles. The number of hydrogen-bond donors (Lipinski definition) is 1. The van der Waals surface area contributed by atoms with Gasteiger partial charge >= 0.3 is 0 Å². The maximum atomic E-state index is 12.8. The van der Waals surface area contributed by atoms with Crippen LogP contribution in [0.15, 0.2) is 4.79 Å². The summed E-state index contributed by atoms with van der Waals surface area (Å²) in [7, 11) is 0. The molecular weight excluding hydrogens is 336 g/mol. The van der Waals surface area contributed by atoms with Gasteiger partial charge in [-0.2, -0.15) is 4.68 Å². The second-order valence-corrected chi connectivity index (χ2v) is 8.18. The Balaban J connectivity index is 1.90. The van der Waals surface area contributed by atoms with E-state index in [1.807, 2.05) is 18.7 Å². The van der Waals surface area contributed by atoms with E-state index in [0.29, 0.717) is 21.6 Å². The van der Waals surface area contributed by atoms with Crippen LogP contribution in [0.3, 0.4) is 0 Å². The van der Waals surface area contributed by atoms with Crippen LogP contribution in [0.1, 0.15) is 59.7 Å². The minimum atomic E-state index is -0.0490. The number of nitrogens with one attached hydrogen (secondary N) is 1. The van der Waals surface area contributed by atoms with Gasteiger partial charge in [0.05, 0.1) is 5.69 Å². The van der Waals surface area contributed by atoms with Gasteiger partial charge in [0, 0.05) is 24.3 Å². The van der Waals surface area contributed by atoms with E-state index in [2.05, 4.69) is 23.9 Å². The zero-order valence-corrected chi connectivity index (χ0v) is 16.2. The van der Waals surface area contributed by atoms with Gasteiger partial charge in [0.15, 0.2) is 0 Å². The second kappa shape index (κ2) is 7.15.